The van der Waals surface area contributed by atoms with Gasteiger partial charge in [-0.25, -0.2) is 0 Å². The average molecular weight is 327 g/mol. The van der Waals surface area contributed by atoms with Crippen molar-refractivity contribution < 1.29 is 4.79 Å². The van der Waals surface area contributed by atoms with Crippen LogP contribution in [0.15, 0.2) is 36.0 Å². The van der Waals surface area contributed by atoms with Gasteiger partial charge in [-0.05, 0) is 54.0 Å². The summed E-state index contributed by atoms with van der Waals surface area (Å²) >= 11 is 1.84. The molecule has 0 aromatic carbocycles. The van der Waals surface area contributed by atoms with Crippen molar-refractivity contribution in [3.8, 4) is 0 Å². The van der Waals surface area contributed by atoms with Crippen LogP contribution < -0.4 is 0 Å². The molecule has 0 bridgehead atoms. The highest BCUT2D eigenvalue weighted by atomic mass is 32.1. The molecule has 2 aliphatic heterocycles. The number of thiophene rings is 1. The summed E-state index contributed by atoms with van der Waals surface area (Å²) < 4.78 is 0. The summed E-state index contributed by atoms with van der Waals surface area (Å²) in [6, 6.07) is 6.50. The summed E-state index contributed by atoms with van der Waals surface area (Å²) in [6.45, 7) is 3.32. The van der Waals surface area contributed by atoms with Gasteiger partial charge >= 0.3 is 0 Å². The third-order valence-electron chi connectivity index (χ3n) is 4.91. The average Bonchev–Trinajstić information content (AvgIpc) is 3.24. The smallest absolute Gasteiger partial charge is 0.237 e. The number of carbonyl (C=O) groups is 1. The van der Waals surface area contributed by atoms with Crippen molar-refractivity contribution in [1.29, 1.82) is 0 Å². The number of fused-ring (bicyclic) bond motifs is 1. The quantitative estimate of drug-likeness (QED) is 0.870. The van der Waals surface area contributed by atoms with Crippen LogP contribution in [0.2, 0.25) is 0 Å². The van der Waals surface area contributed by atoms with Crippen LogP contribution >= 0.6 is 11.3 Å². The van der Waals surface area contributed by atoms with Crippen molar-refractivity contribution in [1.82, 2.24) is 14.8 Å². The van der Waals surface area contributed by atoms with E-state index in [1.54, 1.807) is 0 Å². The number of hydrogen-bond acceptors (Lipinski definition) is 4. The first-order valence-corrected chi connectivity index (χ1v) is 9.16. The summed E-state index contributed by atoms with van der Waals surface area (Å²) in [5.41, 5.74) is 2.62. The first-order valence-electron chi connectivity index (χ1n) is 8.28. The Morgan fingerprint density at radius 2 is 2.13 bits per heavy atom. The summed E-state index contributed by atoms with van der Waals surface area (Å²) in [5, 5.41) is 2.16. The van der Waals surface area contributed by atoms with Crippen LogP contribution in [0.25, 0.3) is 0 Å². The number of aromatic nitrogens is 1. The van der Waals surface area contributed by atoms with Gasteiger partial charge in [0.2, 0.25) is 5.91 Å². The molecule has 0 N–H and O–H groups in total. The monoisotopic (exact) mass is 327 g/mol. The van der Waals surface area contributed by atoms with Crippen LogP contribution in [-0.2, 0) is 17.8 Å². The van der Waals surface area contributed by atoms with Gasteiger partial charge in [-0.1, -0.05) is 0 Å². The number of pyridine rings is 1. The molecule has 0 spiro atoms. The molecule has 0 radical (unpaired) electrons. The number of nitrogens with zero attached hydrogens (tertiary/aromatic N) is 3. The Hall–Kier alpha value is -1.72. The van der Waals surface area contributed by atoms with E-state index in [1.807, 2.05) is 35.9 Å². The predicted octanol–water partition coefficient (Wildman–Crippen LogP) is 2.86. The van der Waals surface area contributed by atoms with Gasteiger partial charge < -0.3 is 4.90 Å². The van der Waals surface area contributed by atoms with Gasteiger partial charge in [0.05, 0.1) is 12.6 Å². The fourth-order valence-corrected chi connectivity index (χ4v) is 4.61. The lowest BCUT2D eigenvalue weighted by Crippen LogP contribution is -2.41. The maximum atomic E-state index is 12.8. The zero-order chi connectivity index (χ0) is 15.6. The minimum Gasteiger partial charge on any atom is -0.335 e. The minimum absolute atomic E-state index is 0.229. The van der Waals surface area contributed by atoms with Crippen LogP contribution in [-0.4, -0.2) is 40.3 Å². The highest BCUT2D eigenvalue weighted by molar-refractivity contribution is 7.10. The first-order chi connectivity index (χ1) is 11.3. The normalized spacial score (nSPS) is 21.4. The molecule has 2 aliphatic rings. The molecule has 120 valence electrons. The third-order valence-corrected chi connectivity index (χ3v) is 5.93. The van der Waals surface area contributed by atoms with Crippen molar-refractivity contribution in [2.75, 3.05) is 19.6 Å². The van der Waals surface area contributed by atoms with Gasteiger partial charge in [-0.3, -0.25) is 14.7 Å². The van der Waals surface area contributed by atoms with Crippen LogP contribution in [0.5, 0.6) is 0 Å². The Bertz CT molecular complexity index is 685. The first kappa shape index (κ1) is 14.8. The second-order valence-electron chi connectivity index (χ2n) is 6.36. The van der Waals surface area contributed by atoms with Crippen molar-refractivity contribution in [3.05, 3.63) is 52.0 Å². The van der Waals surface area contributed by atoms with E-state index in [9.17, 15) is 4.79 Å². The molecule has 2 aromatic heterocycles. The van der Waals surface area contributed by atoms with E-state index >= 15 is 0 Å². The van der Waals surface area contributed by atoms with E-state index in [0.29, 0.717) is 6.54 Å². The Morgan fingerprint density at radius 1 is 1.26 bits per heavy atom. The molecular formula is C18H21N3OS. The van der Waals surface area contributed by atoms with Gasteiger partial charge in [-0.15, -0.1) is 11.3 Å². The van der Waals surface area contributed by atoms with E-state index in [-0.39, 0.29) is 11.9 Å². The van der Waals surface area contributed by atoms with Crippen molar-refractivity contribution in [3.63, 3.8) is 0 Å². The zero-order valence-electron chi connectivity index (χ0n) is 13.1. The van der Waals surface area contributed by atoms with Gasteiger partial charge in [0, 0.05) is 36.9 Å². The number of rotatable bonds is 3. The largest absolute Gasteiger partial charge is 0.335 e. The molecule has 2 aromatic rings. The highest BCUT2D eigenvalue weighted by Gasteiger charge is 2.31. The van der Waals surface area contributed by atoms with E-state index < -0.39 is 0 Å². The Kier molecular flexibility index (Phi) is 4.14. The zero-order valence-corrected chi connectivity index (χ0v) is 14.0. The highest BCUT2D eigenvalue weighted by Crippen LogP contribution is 2.32. The van der Waals surface area contributed by atoms with E-state index in [2.05, 4.69) is 26.2 Å². The molecule has 4 heterocycles. The minimum atomic E-state index is 0.229. The van der Waals surface area contributed by atoms with Gasteiger partial charge in [0.1, 0.15) is 0 Å². The lowest BCUT2D eigenvalue weighted by Gasteiger charge is -2.30. The second kappa shape index (κ2) is 6.42. The second-order valence-corrected chi connectivity index (χ2v) is 7.36. The van der Waals surface area contributed by atoms with Gasteiger partial charge in [0.15, 0.2) is 0 Å². The standard InChI is InChI=1S/C18H21N3OS/c22-18(13-20-10-5-17-15(12-20)6-11-23-17)21-9-1-2-16(21)14-3-7-19-8-4-14/h3-4,6-8,11,16H,1-2,5,9-10,12-13H2/t16-/m0/s1. The lowest BCUT2D eigenvalue weighted by atomic mass is 10.1. The number of carbonyl (C=O) groups excluding carboxylic acids is 1. The van der Waals surface area contributed by atoms with Crippen LogP contribution in [0, 0.1) is 0 Å². The van der Waals surface area contributed by atoms with Crippen molar-refractivity contribution in [2.45, 2.75) is 31.8 Å². The molecule has 23 heavy (non-hydrogen) atoms. The Labute approximate surface area is 140 Å². The van der Waals surface area contributed by atoms with Crippen LogP contribution in [0.4, 0.5) is 0 Å². The summed E-state index contributed by atoms with van der Waals surface area (Å²) in [6.07, 6.45) is 6.87. The predicted molar refractivity (Wildman–Crippen MR) is 91.2 cm³/mol. The number of likely N-dealkylation sites (tertiary alicyclic amines) is 1. The summed E-state index contributed by atoms with van der Waals surface area (Å²) in [4.78, 5) is 22.8. The molecular weight excluding hydrogens is 306 g/mol. The maximum Gasteiger partial charge on any atom is 0.237 e. The third kappa shape index (κ3) is 3.03. The van der Waals surface area contributed by atoms with Gasteiger partial charge in [-0.2, -0.15) is 0 Å². The molecule has 4 rings (SSSR count). The molecule has 1 saturated heterocycles. The molecule has 1 fully saturated rings. The molecule has 4 nitrogen and oxygen atoms in total. The molecule has 0 saturated carbocycles. The van der Waals surface area contributed by atoms with Gasteiger partial charge in [0.25, 0.3) is 0 Å². The Morgan fingerprint density at radius 3 is 3.00 bits per heavy atom. The van der Waals surface area contributed by atoms with E-state index in [4.69, 9.17) is 0 Å². The van der Waals surface area contributed by atoms with E-state index in [1.165, 1.54) is 16.0 Å². The van der Waals surface area contributed by atoms with Crippen LogP contribution in [0.3, 0.4) is 0 Å². The van der Waals surface area contributed by atoms with Crippen LogP contribution in [0.1, 0.15) is 34.9 Å². The number of amides is 1. The Balaban J connectivity index is 1.43. The summed E-state index contributed by atoms with van der Waals surface area (Å²) in [7, 11) is 0. The van der Waals surface area contributed by atoms with Crippen molar-refractivity contribution in [2.24, 2.45) is 0 Å². The number of hydrogen-bond donors (Lipinski definition) is 0. The fraction of sp³-hybridized carbons (Fsp3) is 0.444. The fourth-order valence-electron chi connectivity index (χ4n) is 3.72. The maximum absolute atomic E-state index is 12.8. The molecule has 1 amide bonds. The van der Waals surface area contributed by atoms with Crippen molar-refractivity contribution >= 4 is 17.2 Å². The molecule has 0 unspecified atom stereocenters. The molecule has 0 aliphatic carbocycles. The lowest BCUT2D eigenvalue weighted by molar-refractivity contribution is -0.133. The molecule has 5 heteroatoms. The SMILES string of the molecule is O=C(CN1CCc2sccc2C1)N1CCC[C@H]1c1ccncc1. The molecule has 1 atom stereocenters. The topological polar surface area (TPSA) is 36.4 Å². The summed E-state index contributed by atoms with van der Waals surface area (Å²) in [5.74, 6) is 0.267. The van der Waals surface area contributed by atoms with E-state index in [0.717, 1.165) is 38.9 Å².